The van der Waals surface area contributed by atoms with Gasteiger partial charge in [0.1, 0.15) is 0 Å². The van der Waals surface area contributed by atoms with Gasteiger partial charge in [0.25, 0.3) is 0 Å². The zero-order valence-electron chi connectivity index (χ0n) is 11.7. The number of benzene rings is 1. The molecule has 0 spiro atoms. The molecule has 1 fully saturated rings. The van der Waals surface area contributed by atoms with E-state index in [2.05, 4.69) is 15.7 Å². The largest absolute Gasteiger partial charge is 0.326 e. The van der Waals surface area contributed by atoms with Gasteiger partial charge in [0, 0.05) is 30.5 Å². The fourth-order valence-corrected chi connectivity index (χ4v) is 2.49. The molecule has 0 saturated carbocycles. The predicted octanol–water partition coefficient (Wildman–Crippen LogP) is 2.37. The fraction of sp³-hybridized carbons (Fsp3) is 0.333. The minimum Gasteiger partial charge on any atom is -0.326 e. The molecule has 1 aromatic heterocycles. The van der Waals surface area contributed by atoms with Gasteiger partial charge in [-0.25, -0.2) is 4.68 Å². The molecule has 1 aromatic carbocycles. The summed E-state index contributed by atoms with van der Waals surface area (Å²) >= 11 is 0. The lowest BCUT2D eigenvalue weighted by molar-refractivity contribution is -0.116. The third-order valence-corrected chi connectivity index (χ3v) is 3.51. The lowest BCUT2D eigenvalue weighted by Gasteiger charge is -2.10. The summed E-state index contributed by atoms with van der Waals surface area (Å²) in [7, 11) is 0. The van der Waals surface area contributed by atoms with Crippen molar-refractivity contribution in [1.29, 1.82) is 0 Å². The van der Waals surface area contributed by atoms with Crippen molar-refractivity contribution in [3.05, 3.63) is 42.7 Å². The Labute approximate surface area is 130 Å². The van der Waals surface area contributed by atoms with Crippen LogP contribution in [0.25, 0.3) is 5.69 Å². The molecular formula is C15H19ClN4O. The van der Waals surface area contributed by atoms with E-state index in [4.69, 9.17) is 0 Å². The van der Waals surface area contributed by atoms with E-state index in [1.54, 1.807) is 10.9 Å². The summed E-state index contributed by atoms with van der Waals surface area (Å²) < 4.78 is 1.79. The summed E-state index contributed by atoms with van der Waals surface area (Å²) in [6.45, 7) is 1.02. The van der Waals surface area contributed by atoms with Gasteiger partial charge in [-0.3, -0.25) is 4.79 Å². The second-order valence-corrected chi connectivity index (χ2v) is 5.04. The van der Waals surface area contributed by atoms with E-state index in [9.17, 15) is 4.79 Å². The monoisotopic (exact) mass is 306 g/mol. The van der Waals surface area contributed by atoms with Gasteiger partial charge in [0.2, 0.25) is 5.91 Å². The summed E-state index contributed by atoms with van der Waals surface area (Å²) in [5.74, 6) is 0.0660. The molecule has 2 aromatic rings. The number of carbonyl (C=O) groups is 1. The summed E-state index contributed by atoms with van der Waals surface area (Å²) in [5, 5.41) is 10.4. The van der Waals surface area contributed by atoms with Crippen molar-refractivity contribution in [3.8, 4) is 5.69 Å². The van der Waals surface area contributed by atoms with Crippen molar-refractivity contribution in [2.24, 2.45) is 0 Å². The smallest absolute Gasteiger partial charge is 0.225 e. The number of nitrogens with zero attached hydrogens (tertiary/aromatic N) is 2. The van der Waals surface area contributed by atoms with Crippen molar-refractivity contribution < 1.29 is 4.79 Å². The van der Waals surface area contributed by atoms with Crippen molar-refractivity contribution in [2.75, 3.05) is 11.9 Å². The maximum absolute atomic E-state index is 11.9. The van der Waals surface area contributed by atoms with Crippen LogP contribution in [0.15, 0.2) is 42.7 Å². The number of carbonyl (C=O) groups excluding carboxylic acids is 1. The SMILES string of the molecule is Cl.O=C(CC1CCCN1)Nc1ccc(-n2cccn2)cc1. The molecule has 6 heteroatoms. The first-order chi connectivity index (χ1) is 9.81. The summed E-state index contributed by atoms with van der Waals surface area (Å²) in [6.07, 6.45) is 6.42. The van der Waals surface area contributed by atoms with E-state index >= 15 is 0 Å². The number of aromatic nitrogens is 2. The van der Waals surface area contributed by atoms with Gasteiger partial charge >= 0.3 is 0 Å². The molecule has 2 heterocycles. The standard InChI is InChI=1S/C15H18N4O.ClH/c20-15(11-13-3-1-8-16-13)18-12-4-6-14(7-5-12)19-10-2-9-17-19;/h2,4-7,9-10,13,16H,1,3,8,11H2,(H,18,20);1H. The van der Waals surface area contributed by atoms with Crippen LogP contribution in [0.3, 0.4) is 0 Å². The Hall–Kier alpha value is -1.85. The van der Waals surface area contributed by atoms with E-state index < -0.39 is 0 Å². The number of rotatable bonds is 4. The highest BCUT2D eigenvalue weighted by Crippen LogP contribution is 2.14. The highest BCUT2D eigenvalue weighted by atomic mass is 35.5. The van der Waals surface area contributed by atoms with E-state index in [0.29, 0.717) is 12.5 Å². The molecule has 21 heavy (non-hydrogen) atoms. The Morgan fingerprint density at radius 1 is 1.38 bits per heavy atom. The van der Waals surface area contributed by atoms with Crippen LogP contribution in [-0.2, 0) is 4.79 Å². The van der Waals surface area contributed by atoms with Crippen LogP contribution in [0.1, 0.15) is 19.3 Å². The molecule has 5 nitrogen and oxygen atoms in total. The Kier molecular flexibility index (Phi) is 5.36. The van der Waals surface area contributed by atoms with Crippen molar-refractivity contribution in [1.82, 2.24) is 15.1 Å². The lowest BCUT2D eigenvalue weighted by atomic mass is 10.1. The van der Waals surface area contributed by atoms with E-state index in [-0.39, 0.29) is 18.3 Å². The summed E-state index contributed by atoms with van der Waals surface area (Å²) in [6, 6.07) is 9.89. The molecule has 112 valence electrons. The summed E-state index contributed by atoms with van der Waals surface area (Å²) in [4.78, 5) is 11.9. The number of amides is 1. The van der Waals surface area contributed by atoms with Crippen LogP contribution in [-0.4, -0.2) is 28.3 Å². The van der Waals surface area contributed by atoms with Crippen molar-refractivity contribution in [2.45, 2.75) is 25.3 Å². The van der Waals surface area contributed by atoms with Crippen LogP contribution in [0.2, 0.25) is 0 Å². The van der Waals surface area contributed by atoms with E-state index in [0.717, 1.165) is 30.8 Å². The zero-order chi connectivity index (χ0) is 13.8. The van der Waals surface area contributed by atoms with Crippen LogP contribution >= 0.6 is 12.4 Å². The van der Waals surface area contributed by atoms with Gasteiger partial charge in [-0.1, -0.05) is 0 Å². The number of anilines is 1. The maximum atomic E-state index is 11.9. The number of halogens is 1. The average molecular weight is 307 g/mol. The lowest BCUT2D eigenvalue weighted by Crippen LogP contribution is -2.27. The molecule has 1 amide bonds. The molecule has 2 N–H and O–H groups in total. The van der Waals surface area contributed by atoms with Crippen LogP contribution in [0.4, 0.5) is 5.69 Å². The van der Waals surface area contributed by atoms with Crippen molar-refractivity contribution in [3.63, 3.8) is 0 Å². The first-order valence-electron chi connectivity index (χ1n) is 6.94. The molecule has 1 aliphatic rings. The third-order valence-electron chi connectivity index (χ3n) is 3.51. The highest BCUT2D eigenvalue weighted by molar-refractivity contribution is 5.91. The molecule has 1 atom stereocenters. The summed E-state index contributed by atoms with van der Waals surface area (Å²) in [5.41, 5.74) is 1.80. The molecule has 0 radical (unpaired) electrons. The zero-order valence-corrected chi connectivity index (χ0v) is 12.5. The fourth-order valence-electron chi connectivity index (χ4n) is 2.49. The van der Waals surface area contributed by atoms with Gasteiger partial charge in [0.15, 0.2) is 0 Å². The average Bonchev–Trinajstić information content (AvgIpc) is 3.12. The number of hydrogen-bond donors (Lipinski definition) is 2. The van der Waals surface area contributed by atoms with Gasteiger partial charge in [-0.2, -0.15) is 5.10 Å². The van der Waals surface area contributed by atoms with E-state index in [1.807, 2.05) is 36.5 Å². The molecule has 1 unspecified atom stereocenters. The Morgan fingerprint density at radius 2 is 2.19 bits per heavy atom. The maximum Gasteiger partial charge on any atom is 0.225 e. The normalized spacial score (nSPS) is 17.2. The first kappa shape index (κ1) is 15.5. The minimum absolute atomic E-state index is 0. The number of nitrogens with one attached hydrogen (secondary N) is 2. The van der Waals surface area contributed by atoms with Gasteiger partial charge in [-0.05, 0) is 49.7 Å². The molecule has 1 aliphatic heterocycles. The molecule has 0 bridgehead atoms. The second-order valence-electron chi connectivity index (χ2n) is 5.04. The molecule has 3 rings (SSSR count). The number of hydrogen-bond acceptors (Lipinski definition) is 3. The van der Waals surface area contributed by atoms with Gasteiger partial charge in [0.05, 0.1) is 5.69 Å². The van der Waals surface area contributed by atoms with Gasteiger partial charge < -0.3 is 10.6 Å². The highest BCUT2D eigenvalue weighted by Gasteiger charge is 2.17. The molecule has 0 aliphatic carbocycles. The molecule has 1 saturated heterocycles. The minimum atomic E-state index is 0. The Balaban J connectivity index is 0.00000161. The Morgan fingerprint density at radius 3 is 2.81 bits per heavy atom. The first-order valence-corrected chi connectivity index (χ1v) is 6.94. The quantitative estimate of drug-likeness (QED) is 0.912. The van der Waals surface area contributed by atoms with Crippen LogP contribution in [0, 0.1) is 0 Å². The van der Waals surface area contributed by atoms with Crippen LogP contribution in [0.5, 0.6) is 0 Å². The van der Waals surface area contributed by atoms with Crippen molar-refractivity contribution >= 4 is 24.0 Å². The third kappa shape index (κ3) is 4.06. The molecular weight excluding hydrogens is 288 g/mol. The van der Waals surface area contributed by atoms with Crippen LogP contribution < -0.4 is 10.6 Å². The van der Waals surface area contributed by atoms with E-state index in [1.165, 1.54) is 0 Å². The Bertz CT molecular complexity index is 562. The topological polar surface area (TPSA) is 59.0 Å². The second kappa shape index (κ2) is 7.24. The predicted molar refractivity (Wildman–Crippen MR) is 85.1 cm³/mol. The van der Waals surface area contributed by atoms with Gasteiger partial charge in [-0.15, -0.1) is 12.4 Å².